The molecule has 5 nitrogen and oxygen atoms in total. The number of carboxylic acids is 1. The highest BCUT2D eigenvalue weighted by Gasteiger charge is 2.38. The topological polar surface area (TPSA) is 69.6 Å². The summed E-state index contributed by atoms with van der Waals surface area (Å²) in [5.74, 6) is -0.886. The Kier molecular flexibility index (Phi) is 4.93. The molecule has 0 aromatic carbocycles. The van der Waals surface area contributed by atoms with Gasteiger partial charge in [-0.25, -0.2) is 0 Å². The fourth-order valence-corrected chi connectivity index (χ4v) is 2.19. The molecule has 2 N–H and O–H groups in total. The highest BCUT2D eigenvalue weighted by molar-refractivity contribution is 5.85. The lowest BCUT2D eigenvalue weighted by Crippen LogP contribution is -2.48. The zero-order chi connectivity index (χ0) is 12.9. The van der Waals surface area contributed by atoms with Crippen LogP contribution in [0.2, 0.25) is 0 Å². The summed E-state index contributed by atoms with van der Waals surface area (Å²) in [6.07, 6.45) is 1.11. The van der Waals surface area contributed by atoms with E-state index in [4.69, 9.17) is 0 Å². The number of aliphatic carboxylic acids is 1. The molecule has 1 heterocycles. The van der Waals surface area contributed by atoms with E-state index >= 15 is 0 Å². The second kappa shape index (κ2) is 6.00. The van der Waals surface area contributed by atoms with Gasteiger partial charge in [0.25, 0.3) is 0 Å². The maximum atomic E-state index is 12.1. The van der Waals surface area contributed by atoms with E-state index in [9.17, 15) is 14.7 Å². The molecule has 0 saturated carbocycles. The van der Waals surface area contributed by atoms with Crippen molar-refractivity contribution in [1.82, 2.24) is 10.2 Å². The number of nitrogens with zero attached hydrogens (tertiary/aromatic N) is 1. The number of hydrogen-bond donors (Lipinski definition) is 2. The van der Waals surface area contributed by atoms with Crippen LogP contribution in [0.1, 0.15) is 33.1 Å². The highest BCUT2D eigenvalue weighted by atomic mass is 16.4. The van der Waals surface area contributed by atoms with Crippen LogP contribution in [0.4, 0.5) is 0 Å². The van der Waals surface area contributed by atoms with Gasteiger partial charge in [0.1, 0.15) is 0 Å². The standard InChI is InChI=1S/C12H22N2O3/c1-3-12(4-2,11(16)17)9-10(15)14-7-5-13-6-8-14/h13H,3-9H2,1-2H3,(H,16,17). The Balaban J connectivity index is 2.66. The van der Waals surface area contributed by atoms with Gasteiger partial charge in [0.2, 0.25) is 5.91 Å². The van der Waals surface area contributed by atoms with Gasteiger partial charge in [-0.2, -0.15) is 0 Å². The number of piperazine rings is 1. The Morgan fingerprint density at radius 1 is 1.24 bits per heavy atom. The summed E-state index contributed by atoms with van der Waals surface area (Å²) in [5, 5.41) is 12.5. The summed E-state index contributed by atoms with van der Waals surface area (Å²) >= 11 is 0. The van der Waals surface area contributed by atoms with Crippen molar-refractivity contribution in [3.8, 4) is 0 Å². The molecular formula is C12H22N2O3. The fraction of sp³-hybridized carbons (Fsp3) is 0.833. The van der Waals surface area contributed by atoms with Gasteiger partial charge >= 0.3 is 5.97 Å². The molecule has 0 aromatic rings. The van der Waals surface area contributed by atoms with E-state index in [0.29, 0.717) is 25.9 Å². The van der Waals surface area contributed by atoms with Crippen LogP contribution >= 0.6 is 0 Å². The van der Waals surface area contributed by atoms with E-state index in [1.54, 1.807) is 4.90 Å². The monoisotopic (exact) mass is 242 g/mol. The Hall–Kier alpha value is -1.10. The number of carbonyl (C=O) groups excluding carboxylic acids is 1. The number of carbonyl (C=O) groups is 2. The van der Waals surface area contributed by atoms with Crippen LogP contribution in [-0.4, -0.2) is 48.1 Å². The van der Waals surface area contributed by atoms with E-state index in [0.717, 1.165) is 13.1 Å². The van der Waals surface area contributed by atoms with Crippen LogP contribution < -0.4 is 5.32 Å². The summed E-state index contributed by atoms with van der Waals surface area (Å²) in [7, 11) is 0. The lowest BCUT2D eigenvalue weighted by atomic mass is 9.79. The summed E-state index contributed by atoms with van der Waals surface area (Å²) in [4.78, 5) is 25.2. The highest BCUT2D eigenvalue weighted by Crippen LogP contribution is 2.31. The molecule has 1 fully saturated rings. The van der Waals surface area contributed by atoms with Crippen LogP contribution in [0, 0.1) is 5.41 Å². The number of amides is 1. The van der Waals surface area contributed by atoms with Gasteiger partial charge in [-0.15, -0.1) is 0 Å². The number of hydrogen-bond acceptors (Lipinski definition) is 3. The predicted octanol–water partition coefficient (Wildman–Crippen LogP) is 0.699. The van der Waals surface area contributed by atoms with Crippen LogP contribution in [-0.2, 0) is 9.59 Å². The first-order chi connectivity index (χ1) is 8.05. The molecular weight excluding hydrogens is 220 g/mol. The molecule has 0 unspecified atom stereocenters. The fourth-order valence-electron chi connectivity index (χ4n) is 2.19. The van der Waals surface area contributed by atoms with Crippen LogP contribution in [0.15, 0.2) is 0 Å². The quantitative estimate of drug-likeness (QED) is 0.744. The molecule has 0 aromatic heterocycles. The molecule has 1 saturated heterocycles. The zero-order valence-corrected chi connectivity index (χ0v) is 10.7. The van der Waals surface area contributed by atoms with E-state index in [1.807, 2.05) is 13.8 Å². The maximum Gasteiger partial charge on any atom is 0.310 e. The van der Waals surface area contributed by atoms with E-state index in [-0.39, 0.29) is 12.3 Å². The summed E-state index contributed by atoms with van der Waals surface area (Å²) in [6.45, 7) is 6.63. The lowest BCUT2D eigenvalue weighted by Gasteiger charge is -2.32. The second-order valence-electron chi connectivity index (χ2n) is 4.60. The predicted molar refractivity (Wildman–Crippen MR) is 64.7 cm³/mol. The molecule has 0 bridgehead atoms. The maximum absolute atomic E-state index is 12.1. The molecule has 1 aliphatic rings. The van der Waals surface area contributed by atoms with Crippen LogP contribution in [0.25, 0.3) is 0 Å². The van der Waals surface area contributed by atoms with Crippen molar-refractivity contribution in [2.24, 2.45) is 5.41 Å². The molecule has 0 spiro atoms. The number of carboxylic acid groups (broad SMARTS) is 1. The van der Waals surface area contributed by atoms with Crippen LogP contribution in [0.5, 0.6) is 0 Å². The van der Waals surface area contributed by atoms with E-state index in [2.05, 4.69) is 5.32 Å². The van der Waals surface area contributed by atoms with Crippen molar-refractivity contribution >= 4 is 11.9 Å². The van der Waals surface area contributed by atoms with Crippen LogP contribution in [0.3, 0.4) is 0 Å². The number of rotatable bonds is 5. The summed E-state index contributed by atoms with van der Waals surface area (Å²) in [5.41, 5.74) is -0.887. The van der Waals surface area contributed by atoms with Crippen molar-refractivity contribution in [3.63, 3.8) is 0 Å². The van der Waals surface area contributed by atoms with E-state index in [1.165, 1.54) is 0 Å². The van der Waals surface area contributed by atoms with Crippen molar-refractivity contribution in [3.05, 3.63) is 0 Å². The summed E-state index contributed by atoms with van der Waals surface area (Å²) < 4.78 is 0. The Morgan fingerprint density at radius 2 is 1.76 bits per heavy atom. The molecule has 0 radical (unpaired) electrons. The molecule has 0 aliphatic carbocycles. The van der Waals surface area contributed by atoms with Crippen molar-refractivity contribution in [2.75, 3.05) is 26.2 Å². The Labute approximate surface area is 102 Å². The normalized spacial score (nSPS) is 16.9. The van der Waals surface area contributed by atoms with Gasteiger partial charge in [0.05, 0.1) is 5.41 Å². The number of nitrogens with one attached hydrogen (secondary N) is 1. The second-order valence-corrected chi connectivity index (χ2v) is 4.60. The SMILES string of the molecule is CCC(CC)(CC(=O)N1CCNCC1)C(=O)O. The van der Waals surface area contributed by atoms with Gasteiger partial charge in [-0.05, 0) is 12.8 Å². The third-order valence-electron chi connectivity index (χ3n) is 3.77. The third-order valence-corrected chi connectivity index (χ3v) is 3.77. The first kappa shape index (κ1) is 14.0. The molecule has 5 heteroatoms. The first-order valence-electron chi connectivity index (χ1n) is 6.27. The van der Waals surface area contributed by atoms with Crippen molar-refractivity contribution < 1.29 is 14.7 Å². The van der Waals surface area contributed by atoms with Gasteiger partial charge in [-0.3, -0.25) is 9.59 Å². The molecule has 1 rings (SSSR count). The Bertz CT molecular complexity index is 281. The smallest absolute Gasteiger partial charge is 0.310 e. The minimum Gasteiger partial charge on any atom is -0.481 e. The molecule has 1 amide bonds. The molecule has 17 heavy (non-hydrogen) atoms. The average Bonchev–Trinajstić information content (AvgIpc) is 2.36. The van der Waals surface area contributed by atoms with Crippen molar-refractivity contribution in [1.29, 1.82) is 0 Å². The lowest BCUT2D eigenvalue weighted by molar-refractivity contribution is -0.154. The third kappa shape index (κ3) is 3.19. The van der Waals surface area contributed by atoms with Gasteiger partial charge < -0.3 is 15.3 Å². The van der Waals surface area contributed by atoms with Gasteiger partial charge in [-0.1, -0.05) is 13.8 Å². The van der Waals surface area contributed by atoms with Gasteiger partial charge in [0.15, 0.2) is 0 Å². The summed E-state index contributed by atoms with van der Waals surface area (Å²) in [6, 6.07) is 0. The average molecular weight is 242 g/mol. The largest absolute Gasteiger partial charge is 0.481 e. The minimum atomic E-state index is -0.887. The van der Waals surface area contributed by atoms with Crippen molar-refractivity contribution in [2.45, 2.75) is 33.1 Å². The molecule has 98 valence electrons. The molecule has 1 aliphatic heterocycles. The zero-order valence-electron chi connectivity index (χ0n) is 10.7. The molecule has 0 atom stereocenters. The van der Waals surface area contributed by atoms with Gasteiger partial charge in [0, 0.05) is 32.6 Å². The minimum absolute atomic E-state index is 0.0300. The first-order valence-corrected chi connectivity index (χ1v) is 6.27. The Morgan fingerprint density at radius 3 is 2.18 bits per heavy atom. The van der Waals surface area contributed by atoms with E-state index < -0.39 is 11.4 Å².